The summed E-state index contributed by atoms with van der Waals surface area (Å²) in [5.41, 5.74) is 2.38. The number of nitrogens with zero attached hydrogens (tertiary/aromatic N) is 5. The van der Waals surface area contributed by atoms with Crippen molar-refractivity contribution in [1.29, 1.82) is 0 Å². The molecule has 1 aliphatic rings. The van der Waals surface area contributed by atoms with Crippen LogP contribution >= 0.6 is 15.9 Å². The normalized spacial score (nSPS) is 17.3. The third kappa shape index (κ3) is 5.35. The fourth-order valence-corrected chi connectivity index (χ4v) is 5.93. The molecule has 0 bridgehead atoms. The Bertz CT molecular complexity index is 1870. The number of carbonyl (C=O) groups excluding carboxylic acids is 1. The van der Waals surface area contributed by atoms with Crippen molar-refractivity contribution in [3.05, 3.63) is 117 Å². The van der Waals surface area contributed by atoms with Gasteiger partial charge in [-0.3, -0.25) is 19.4 Å². The van der Waals surface area contributed by atoms with Crippen molar-refractivity contribution in [2.24, 2.45) is 5.92 Å². The first kappa shape index (κ1) is 28.8. The number of allylic oxidation sites excluding steroid dienone is 1. The van der Waals surface area contributed by atoms with Gasteiger partial charge in [0.25, 0.3) is 11.5 Å². The van der Waals surface area contributed by atoms with Crippen LogP contribution in [-0.2, 0) is 29.9 Å². The number of aliphatic hydroxyl groups excluding tert-OH is 1. The molecule has 0 fully saturated rings. The standard InChI is InChI=1S/C32H31BrN6O4/c1-21(6-4-5-16-37-20-24(15-17-40)34-36-37)32(43)27-18-23(33)11-14-29(27)38(31(32)42)19-22-9-12-25(13-10-22)39-30(41)26-7-2-3-8-28(26)35-39/h2-4,6-14,18,20-21,35,40,43H,5,15-17,19H2,1H3/b6-4+/t21-,32+/m1/s1. The van der Waals surface area contributed by atoms with Gasteiger partial charge in [0.2, 0.25) is 0 Å². The number of para-hydroxylation sites is 1. The van der Waals surface area contributed by atoms with Gasteiger partial charge in [-0.15, -0.1) is 5.10 Å². The highest BCUT2D eigenvalue weighted by molar-refractivity contribution is 9.10. The summed E-state index contributed by atoms with van der Waals surface area (Å²) in [6, 6.07) is 20.3. The Morgan fingerprint density at radius 1 is 1.09 bits per heavy atom. The van der Waals surface area contributed by atoms with Crippen molar-refractivity contribution >= 4 is 38.4 Å². The van der Waals surface area contributed by atoms with E-state index in [2.05, 4.69) is 31.3 Å². The molecule has 1 amide bonds. The minimum Gasteiger partial charge on any atom is -0.396 e. The maximum absolute atomic E-state index is 13.9. The Morgan fingerprint density at radius 3 is 2.65 bits per heavy atom. The first-order valence-electron chi connectivity index (χ1n) is 14.1. The number of aliphatic hydroxyl groups is 2. The van der Waals surface area contributed by atoms with Gasteiger partial charge in [0.1, 0.15) is 0 Å². The second-order valence-electron chi connectivity index (χ2n) is 10.7. The molecular formula is C32H31BrN6O4. The first-order valence-corrected chi connectivity index (χ1v) is 14.9. The highest BCUT2D eigenvalue weighted by Crippen LogP contribution is 2.46. The quantitative estimate of drug-likeness (QED) is 0.196. The predicted octanol–water partition coefficient (Wildman–Crippen LogP) is 4.22. The number of hydrogen-bond donors (Lipinski definition) is 3. The number of H-pyrrole nitrogens is 1. The van der Waals surface area contributed by atoms with Gasteiger partial charge in [-0.2, -0.15) is 0 Å². The third-order valence-electron chi connectivity index (χ3n) is 7.92. The number of rotatable bonds is 10. The van der Waals surface area contributed by atoms with Crippen LogP contribution in [0.5, 0.6) is 0 Å². The Labute approximate surface area is 256 Å². The molecule has 2 aromatic heterocycles. The van der Waals surface area contributed by atoms with E-state index < -0.39 is 17.4 Å². The highest BCUT2D eigenvalue weighted by atomic mass is 79.9. The molecule has 10 nitrogen and oxygen atoms in total. The number of amides is 1. The number of nitrogens with one attached hydrogen (secondary N) is 1. The number of anilines is 1. The monoisotopic (exact) mass is 642 g/mol. The van der Waals surface area contributed by atoms with Gasteiger partial charge >= 0.3 is 0 Å². The Morgan fingerprint density at radius 2 is 1.88 bits per heavy atom. The van der Waals surface area contributed by atoms with Gasteiger partial charge in [-0.1, -0.05) is 64.5 Å². The SMILES string of the molecule is C[C@H](/C=C/CCn1cc(CCO)nn1)[C@@]1(O)C(=O)N(Cc2ccc(-n3[nH]c4ccccc4c3=O)cc2)c2ccc(Br)cc21. The predicted molar refractivity (Wildman–Crippen MR) is 167 cm³/mol. The topological polar surface area (TPSA) is 129 Å². The Balaban J connectivity index is 1.20. The van der Waals surface area contributed by atoms with Crippen LogP contribution in [0.2, 0.25) is 0 Å². The summed E-state index contributed by atoms with van der Waals surface area (Å²) < 4.78 is 3.99. The molecule has 3 heterocycles. The van der Waals surface area contributed by atoms with Crippen LogP contribution in [0, 0.1) is 5.92 Å². The number of fused-ring (bicyclic) bond motifs is 2. The van der Waals surface area contributed by atoms with Crippen molar-refractivity contribution in [1.82, 2.24) is 24.8 Å². The van der Waals surface area contributed by atoms with Crippen LogP contribution in [0.1, 0.15) is 30.2 Å². The summed E-state index contributed by atoms with van der Waals surface area (Å²) in [5, 5.41) is 32.9. The molecule has 5 aromatic rings. The van der Waals surface area contributed by atoms with Crippen molar-refractivity contribution in [2.45, 2.75) is 38.5 Å². The first-order chi connectivity index (χ1) is 20.8. The van der Waals surface area contributed by atoms with E-state index >= 15 is 0 Å². The molecule has 0 saturated heterocycles. The van der Waals surface area contributed by atoms with Crippen LogP contribution in [0.25, 0.3) is 16.6 Å². The number of aromatic amines is 1. The third-order valence-corrected chi connectivity index (χ3v) is 8.42. The summed E-state index contributed by atoms with van der Waals surface area (Å²) in [4.78, 5) is 28.4. The minimum absolute atomic E-state index is 0.0228. The maximum Gasteiger partial charge on any atom is 0.279 e. The molecule has 3 aromatic carbocycles. The molecule has 0 spiro atoms. The van der Waals surface area contributed by atoms with E-state index in [1.807, 2.05) is 73.7 Å². The Kier molecular flexibility index (Phi) is 7.87. The molecule has 220 valence electrons. The number of aryl methyl sites for hydroxylation is 1. The molecule has 1 aliphatic heterocycles. The van der Waals surface area contributed by atoms with E-state index in [1.54, 1.807) is 27.9 Å². The van der Waals surface area contributed by atoms with Gasteiger partial charge in [0, 0.05) is 41.7 Å². The lowest BCUT2D eigenvalue weighted by molar-refractivity contribution is -0.139. The lowest BCUT2D eigenvalue weighted by Gasteiger charge is -2.27. The van der Waals surface area contributed by atoms with Gasteiger partial charge in [0.05, 0.1) is 34.5 Å². The number of halogens is 1. The fraction of sp³-hybridized carbons (Fsp3) is 0.250. The average Bonchev–Trinajstić information content (AvgIpc) is 3.66. The fourth-order valence-electron chi connectivity index (χ4n) is 5.57. The number of carbonyl (C=O) groups is 1. The van der Waals surface area contributed by atoms with E-state index in [-0.39, 0.29) is 18.7 Å². The van der Waals surface area contributed by atoms with Gasteiger partial charge in [-0.25, -0.2) is 4.68 Å². The molecule has 11 heteroatoms. The molecule has 3 N–H and O–H groups in total. The highest BCUT2D eigenvalue weighted by Gasteiger charge is 2.52. The van der Waals surface area contributed by atoms with Crippen LogP contribution in [-0.4, -0.2) is 47.5 Å². The Hall–Kier alpha value is -4.32. The zero-order valence-electron chi connectivity index (χ0n) is 23.5. The second-order valence-corrected chi connectivity index (χ2v) is 11.7. The van der Waals surface area contributed by atoms with Gasteiger partial charge in [0.15, 0.2) is 5.60 Å². The summed E-state index contributed by atoms with van der Waals surface area (Å²) >= 11 is 3.50. The van der Waals surface area contributed by atoms with Crippen LogP contribution < -0.4 is 10.5 Å². The second kappa shape index (κ2) is 11.8. The van der Waals surface area contributed by atoms with Crippen molar-refractivity contribution in [3.63, 3.8) is 0 Å². The molecule has 0 unspecified atom stereocenters. The average molecular weight is 644 g/mol. The van der Waals surface area contributed by atoms with E-state index in [9.17, 15) is 14.7 Å². The molecule has 6 rings (SSSR count). The van der Waals surface area contributed by atoms with Crippen LogP contribution in [0.3, 0.4) is 0 Å². The van der Waals surface area contributed by atoms with Gasteiger partial charge in [-0.05, 0) is 54.4 Å². The molecule has 2 atom stereocenters. The molecule has 0 radical (unpaired) electrons. The zero-order chi connectivity index (χ0) is 30.1. The number of benzene rings is 3. The molecular weight excluding hydrogens is 612 g/mol. The minimum atomic E-state index is -1.74. The van der Waals surface area contributed by atoms with E-state index in [0.29, 0.717) is 41.7 Å². The van der Waals surface area contributed by atoms with E-state index in [1.165, 1.54) is 4.68 Å². The summed E-state index contributed by atoms with van der Waals surface area (Å²) in [6.07, 6.45) is 6.70. The van der Waals surface area contributed by atoms with Crippen molar-refractivity contribution in [2.75, 3.05) is 11.5 Å². The molecule has 0 aliphatic carbocycles. The van der Waals surface area contributed by atoms with Crippen LogP contribution in [0.4, 0.5) is 5.69 Å². The zero-order valence-corrected chi connectivity index (χ0v) is 25.1. The van der Waals surface area contributed by atoms with E-state index in [4.69, 9.17) is 5.11 Å². The van der Waals surface area contributed by atoms with E-state index in [0.717, 1.165) is 21.2 Å². The molecule has 43 heavy (non-hydrogen) atoms. The largest absolute Gasteiger partial charge is 0.396 e. The lowest BCUT2D eigenvalue weighted by Crippen LogP contribution is -2.44. The lowest BCUT2D eigenvalue weighted by atomic mass is 9.83. The maximum atomic E-state index is 13.9. The smallest absolute Gasteiger partial charge is 0.279 e. The number of aromatic nitrogens is 5. The number of hydrogen-bond acceptors (Lipinski definition) is 6. The van der Waals surface area contributed by atoms with Gasteiger partial charge < -0.3 is 15.1 Å². The summed E-state index contributed by atoms with van der Waals surface area (Å²) in [7, 11) is 0. The summed E-state index contributed by atoms with van der Waals surface area (Å²) in [6.45, 7) is 2.71. The van der Waals surface area contributed by atoms with Crippen molar-refractivity contribution in [3.8, 4) is 5.69 Å². The van der Waals surface area contributed by atoms with Crippen LogP contribution in [0.15, 0.2) is 94.3 Å². The summed E-state index contributed by atoms with van der Waals surface area (Å²) in [5.74, 6) is -0.895. The molecule has 0 saturated carbocycles. The van der Waals surface area contributed by atoms with Crippen molar-refractivity contribution < 1.29 is 15.0 Å².